The highest BCUT2D eigenvalue weighted by Crippen LogP contribution is 2.29. The van der Waals surface area contributed by atoms with Crippen molar-refractivity contribution in [3.05, 3.63) is 23.8 Å². The Labute approximate surface area is 118 Å². The van der Waals surface area contributed by atoms with Crippen molar-refractivity contribution in [2.75, 3.05) is 31.6 Å². The first-order chi connectivity index (χ1) is 9.12. The Kier molecular flexibility index (Phi) is 6.71. The quantitative estimate of drug-likeness (QED) is 0.780. The summed E-state index contributed by atoms with van der Waals surface area (Å²) in [7, 11) is 1.74. The Balaban J connectivity index is 2.77. The first-order valence-electron chi connectivity index (χ1n) is 7.24. The molecule has 1 aromatic carbocycles. The molecule has 19 heavy (non-hydrogen) atoms. The van der Waals surface area contributed by atoms with E-state index in [1.54, 1.807) is 7.11 Å². The van der Waals surface area contributed by atoms with Gasteiger partial charge in [-0.05, 0) is 44.0 Å². The summed E-state index contributed by atoms with van der Waals surface area (Å²) in [4.78, 5) is 2.31. The van der Waals surface area contributed by atoms with Crippen LogP contribution in [-0.4, -0.2) is 26.7 Å². The highest BCUT2D eigenvalue weighted by atomic mass is 16.5. The summed E-state index contributed by atoms with van der Waals surface area (Å²) in [5.41, 5.74) is 2.45. The smallest absolute Gasteiger partial charge is 0.142 e. The molecule has 0 aliphatic carbocycles. The van der Waals surface area contributed by atoms with Crippen molar-refractivity contribution in [2.45, 2.75) is 34.2 Å². The molecule has 0 aliphatic rings. The number of ether oxygens (including phenoxy) is 1. The van der Waals surface area contributed by atoms with Gasteiger partial charge in [-0.2, -0.15) is 0 Å². The van der Waals surface area contributed by atoms with Gasteiger partial charge >= 0.3 is 0 Å². The van der Waals surface area contributed by atoms with Gasteiger partial charge in [0.05, 0.1) is 12.8 Å². The van der Waals surface area contributed by atoms with Gasteiger partial charge in [-0.25, -0.2) is 0 Å². The lowest BCUT2D eigenvalue weighted by molar-refractivity contribution is 0.413. The van der Waals surface area contributed by atoms with E-state index in [1.807, 2.05) is 0 Å². The van der Waals surface area contributed by atoms with Crippen LogP contribution in [0.1, 0.15) is 33.3 Å². The molecule has 0 aromatic heterocycles. The van der Waals surface area contributed by atoms with Gasteiger partial charge in [0.2, 0.25) is 0 Å². The molecule has 0 amide bonds. The number of nitrogens with zero attached hydrogens (tertiary/aromatic N) is 1. The second-order valence-electron chi connectivity index (χ2n) is 5.20. The predicted octanol–water partition coefficient (Wildman–Crippen LogP) is 3.29. The average molecular weight is 264 g/mol. The largest absolute Gasteiger partial charge is 0.495 e. The summed E-state index contributed by atoms with van der Waals surface area (Å²) in [5.74, 6) is 1.64. The molecule has 3 heteroatoms. The van der Waals surface area contributed by atoms with E-state index in [9.17, 15) is 0 Å². The lowest BCUT2D eigenvalue weighted by Gasteiger charge is -2.23. The molecular weight excluding hydrogens is 236 g/mol. The molecule has 1 N–H and O–H groups in total. The maximum Gasteiger partial charge on any atom is 0.142 e. The summed E-state index contributed by atoms with van der Waals surface area (Å²) >= 11 is 0. The zero-order valence-corrected chi connectivity index (χ0v) is 13.0. The standard InChI is InChI=1S/C16H28N2O/c1-6-18(7-2)15-9-8-14(10-16(15)19-5)12-17-11-13(3)4/h8-10,13,17H,6-7,11-12H2,1-5H3. The van der Waals surface area contributed by atoms with Crippen LogP contribution in [0.4, 0.5) is 5.69 Å². The second kappa shape index (κ2) is 8.05. The Morgan fingerprint density at radius 1 is 1.21 bits per heavy atom. The summed E-state index contributed by atoms with van der Waals surface area (Å²) < 4.78 is 5.53. The van der Waals surface area contributed by atoms with E-state index in [2.05, 4.69) is 56.1 Å². The molecule has 0 fully saturated rings. The van der Waals surface area contributed by atoms with Gasteiger partial charge < -0.3 is 15.0 Å². The number of nitrogens with one attached hydrogen (secondary N) is 1. The third-order valence-electron chi connectivity index (χ3n) is 3.23. The first kappa shape index (κ1) is 15.8. The lowest BCUT2D eigenvalue weighted by atomic mass is 10.1. The maximum atomic E-state index is 5.53. The number of benzene rings is 1. The Hall–Kier alpha value is -1.22. The number of anilines is 1. The summed E-state index contributed by atoms with van der Waals surface area (Å²) in [6.45, 7) is 12.7. The predicted molar refractivity (Wildman–Crippen MR) is 83.1 cm³/mol. The zero-order chi connectivity index (χ0) is 14.3. The minimum atomic E-state index is 0.678. The van der Waals surface area contributed by atoms with Crippen molar-refractivity contribution >= 4 is 5.69 Å². The van der Waals surface area contributed by atoms with Crippen LogP contribution in [0, 0.1) is 5.92 Å². The molecule has 0 bridgehead atoms. The first-order valence-corrected chi connectivity index (χ1v) is 7.24. The second-order valence-corrected chi connectivity index (χ2v) is 5.20. The summed E-state index contributed by atoms with van der Waals surface area (Å²) in [6, 6.07) is 6.49. The summed E-state index contributed by atoms with van der Waals surface area (Å²) in [5, 5.41) is 3.46. The third kappa shape index (κ3) is 4.75. The van der Waals surface area contributed by atoms with Crippen LogP contribution >= 0.6 is 0 Å². The van der Waals surface area contributed by atoms with Crippen molar-refractivity contribution < 1.29 is 4.74 Å². The lowest BCUT2D eigenvalue weighted by Crippen LogP contribution is -2.23. The molecule has 0 atom stereocenters. The molecule has 0 saturated heterocycles. The topological polar surface area (TPSA) is 24.5 Å². The third-order valence-corrected chi connectivity index (χ3v) is 3.23. The van der Waals surface area contributed by atoms with Gasteiger partial charge in [-0.15, -0.1) is 0 Å². The van der Waals surface area contributed by atoms with Crippen LogP contribution in [0.2, 0.25) is 0 Å². The van der Waals surface area contributed by atoms with Crippen LogP contribution in [0.15, 0.2) is 18.2 Å². The Morgan fingerprint density at radius 3 is 2.42 bits per heavy atom. The number of hydrogen-bond donors (Lipinski definition) is 1. The van der Waals surface area contributed by atoms with E-state index in [4.69, 9.17) is 4.74 Å². The molecule has 3 nitrogen and oxygen atoms in total. The van der Waals surface area contributed by atoms with Crippen molar-refractivity contribution in [3.63, 3.8) is 0 Å². The van der Waals surface area contributed by atoms with Crippen molar-refractivity contribution in [3.8, 4) is 5.75 Å². The SMILES string of the molecule is CCN(CC)c1ccc(CNCC(C)C)cc1OC. The van der Waals surface area contributed by atoms with Gasteiger partial charge in [0, 0.05) is 19.6 Å². The van der Waals surface area contributed by atoms with E-state index in [1.165, 1.54) is 11.3 Å². The minimum Gasteiger partial charge on any atom is -0.495 e. The molecule has 0 saturated carbocycles. The van der Waals surface area contributed by atoms with E-state index in [0.717, 1.165) is 31.9 Å². The van der Waals surface area contributed by atoms with Crippen molar-refractivity contribution in [1.29, 1.82) is 0 Å². The van der Waals surface area contributed by atoms with Crippen molar-refractivity contribution in [1.82, 2.24) is 5.32 Å². The van der Waals surface area contributed by atoms with E-state index >= 15 is 0 Å². The van der Waals surface area contributed by atoms with E-state index < -0.39 is 0 Å². The molecule has 1 aromatic rings. The minimum absolute atomic E-state index is 0.678. The Bertz CT molecular complexity index is 373. The van der Waals surface area contributed by atoms with Crippen LogP contribution in [0.3, 0.4) is 0 Å². The molecular formula is C16H28N2O. The molecule has 0 aliphatic heterocycles. The molecule has 0 radical (unpaired) electrons. The summed E-state index contributed by atoms with van der Waals surface area (Å²) in [6.07, 6.45) is 0. The van der Waals surface area contributed by atoms with Crippen molar-refractivity contribution in [2.24, 2.45) is 5.92 Å². The zero-order valence-electron chi connectivity index (χ0n) is 13.0. The van der Waals surface area contributed by atoms with E-state index in [-0.39, 0.29) is 0 Å². The maximum absolute atomic E-state index is 5.53. The average Bonchev–Trinajstić information content (AvgIpc) is 2.40. The normalized spacial score (nSPS) is 10.8. The van der Waals surface area contributed by atoms with Crippen LogP contribution in [-0.2, 0) is 6.54 Å². The molecule has 0 unspecified atom stereocenters. The molecule has 108 valence electrons. The molecule has 0 spiro atoms. The fourth-order valence-electron chi connectivity index (χ4n) is 2.16. The number of rotatable bonds is 8. The van der Waals surface area contributed by atoms with E-state index in [0.29, 0.717) is 5.92 Å². The molecule has 0 heterocycles. The van der Waals surface area contributed by atoms with Gasteiger partial charge in [0.15, 0.2) is 0 Å². The van der Waals surface area contributed by atoms with Gasteiger partial charge in [-0.3, -0.25) is 0 Å². The highest BCUT2D eigenvalue weighted by Gasteiger charge is 2.09. The highest BCUT2D eigenvalue weighted by molar-refractivity contribution is 5.59. The van der Waals surface area contributed by atoms with Gasteiger partial charge in [-0.1, -0.05) is 19.9 Å². The van der Waals surface area contributed by atoms with Gasteiger partial charge in [0.1, 0.15) is 5.75 Å². The monoisotopic (exact) mass is 264 g/mol. The Morgan fingerprint density at radius 2 is 1.89 bits per heavy atom. The molecule has 1 rings (SSSR count). The van der Waals surface area contributed by atoms with Gasteiger partial charge in [0.25, 0.3) is 0 Å². The van der Waals surface area contributed by atoms with Crippen LogP contribution in [0.5, 0.6) is 5.75 Å². The van der Waals surface area contributed by atoms with Crippen LogP contribution < -0.4 is 15.0 Å². The number of methoxy groups -OCH3 is 1. The fraction of sp³-hybridized carbons (Fsp3) is 0.625. The number of hydrogen-bond acceptors (Lipinski definition) is 3. The fourth-order valence-corrected chi connectivity index (χ4v) is 2.16. The van der Waals surface area contributed by atoms with Crippen LogP contribution in [0.25, 0.3) is 0 Å².